The van der Waals surface area contributed by atoms with Crippen molar-refractivity contribution in [1.29, 1.82) is 0 Å². The van der Waals surface area contributed by atoms with E-state index in [1.54, 1.807) is 0 Å². The van der Waals surface area contributed by atoms with E-state index in [9.17, 15) is 4.79 Å². The zero-order chi connectivity index (χ0) is 14.9. The third-order valence-corrected chi connectivity index (χ3v) is 3.37. The van der Waals surface area contributed by atoms with Crippen molar-refractivity contribution in [2.75, 3.05) is 6.54 Å². The third kappa shape index (κ3) is 2.63. The molecule has 2 atom stereocenters. The number of alkyl halides is 1. The van der Waals surface area contributed by atoms with Crippen LogP contribution in [0.5, 0.6) is 0 Å². The topological polar surface area (TPSA) is 59.8 Å². The molecule has 2 heterocycles. The largest absolute Gasteiger partial charge is 0.355 e. The van der Waals surface area contributed by atoms with E-state index in [2.05, 4.69) is 15.3 Å². The third-order valence-electron chi connectivity index (χ3n) is 3.18. The smallest absolute Gasteiger partial charge is 0.242 e. The van der Waals surface area contributed by atoms with Gasteiger partial charge in [-0.25, -0.2) is 9.97 Å². The standard InChI is InChI=1S/C14H19ClN4O/c1-5-16-14(20)10(4)19-12(9(3)15)18-11-7-6-8(2)17-13(11)19/h6-7,9-10H,5H2,1-4H3,(H,16,20). The molecule has 1 N–H and O–H groups in total. The minimum atomic E-state index is -0.398. The van der Waals surface area contributed by atoms with Crippen LogP contribution >= 0.6 is 11.6 Å². The molecule has 108 valence electrons. The van der Waals surface area contributed by atoms with E-state index in [-0.39, 0.29) is 11.3 Å². The summed E-state index contributed by atoms with van der Waals surface area (Å²) in [4.78, 5) is 21.1. The number of likely N-dealkylation sites (N-methyl/N-ethyl adjacent to an activating group) is 1. The quantitative estimate of drug-likeness (QED) is 0.882. The predicted molar refractivity (Wildman–Crippen MR) is 79.9 cm³/mol. The van der Waals surface area contributed by atoms with Crippen LogP contribution in [0.2, 0.25) is 0 Å². The number of carbonyl (C=O) groups excluding carboxylic acids is 1. The van der Waals surface area contributed by atoms with Gasteiger partial charge in [-0.15, -0.1) is 11.6 Å². The van der Waals surface area contributed by atoms with Crippen LogP contribution in [0.15, 0.2) is 12.1 Å². The Morgan fingerprint density at radius 3 is 2.70 bits per heavy atom. The van der Waals surface area contributed by atoms with E-state index in [4.69, 9.17) is 11.6 Å². The number of halogens is 1. The van der Waals surface area contributed by atoms with Gasteiger partial charge in [0.25, 0.3) is 0 Å². The number of hydrogen-bond donors (Lipinski definition) is 1. The van der Waals surface area contributed by atoms with Crippen molar-refractivity contribution >= 4 is 28.7 Å². The number of aromatic nitrogens is 3. The Morgan fingerprint density at radius 2 is 2.10 bits per heavy atom. The molecular weight excluding hydrogens is 276 g/mol. The monoisotopic (exact) mass is 294 g/mol. The molecule has 0 saturated heterocycles. The zero-order valence-corrected chi connectivity index (χ0v) is 12.9. The molecule has 0 fully saturated rings. The van der Waals surface area contributed by atoms with Crippen molar-refractivity contribution in [2.45, 2.75) is 39.1 Å². The number of imidazole rings is 1. The van der Waals surface area contributed by atoms with Crippen LogP contribution in [0, 0.1) is 6.92 Å². The van der Waals surface area contributed by atoms with Gasteiger partial charge >= 0.3 is 0 Å². The summed E-state index contributed by atoms with van der Waals surface area (Å²) >= 11 is 6.20. The Kier molecular flexibility index (Phi) is 4.28. The van der Waals surface area contributed by atoms with Crippen molar-refractivity contribution in [3.05, 3.63) is 23.7 Å². The molecule has 2 unspecified atom stereocenters. The van der Waals surface area contributed by atoms with Crippen molar-refractivity contribution < 1.29 is 4.79 Å². The Hall–Kier alpha value is -1.62. The summed E-state index contributed by atoms with van der Waals surface area (Å²) < 4.78 is 1.82. The number of pyridine rings is 1. The first-order valence-corrected chi connectivity index (χ1v) is 7.16. The van der Waals surface area contributed by atoms with Crippen LogP contribution in [-0.2, 0) is 4.79 Å². The maximum atomic E-state index is 12.1. The van der Waals surface area contributed by atoms with Crippen LogP contribution in [0.3, 0.4) is 0 Å². The summed E-state index contributed by atoms with van der Waals surface area (Å²) in [5.41, 5.74) is 2.34. The number of aryl methyl sites for hydroxylation is 1. The highest BCUT2D eigenvalue weighted by molar-refractivity contribution is 6.20. The first kappa shape index (κ1) is 14.8. The molecule has 0 aliphatic rings. The number of nitrogens with one attached hydrogen (secondary N) is 1. The molecule has 20 heavy (non-hydrogen) atoms. The van der Waals surface area contributed by atoms with Crippen molar-refractivity contribution in [3.8, 4) is 0 Å². The van der Waals surface area contributed by atoms with Gasteiger partial charge in [0.2, 0.25) is 5.91 Å². The predicted octanol–water partition coefficient (Wildman–Crippen LogP) is 2.74. The molecule has 2 rings (SSSR count). The van der Waals surface area contributed by atoms with Gasteiger partial charge in [0, 0.05) is 12.2 Å². The lowest BCUT2D eigenvalue weighted by Crippen LogP contribution is -2.31. The highest BCUT2D eigenvalue weighted by atomic mass is 35.5. The van der Waals surface area contributed by atoms with E-state index < -0.39 is 6.04 Å². The van der Waals surface area contributed by atoms with Crippen molar-refractivity contribution in [3.63, 3.8) is 0 Å². The van der Waals surface area contributed by atoms with Gasteiger partial charge in [-0.1, -0.05) is 0 Å². The Labute approximate surface area is 123 Å². The van der Waals surface area contributed by atoms with E-state index in [1.165, 1.54) is 0 Å². The molecule has 2 aromatic heterocycles. The average Bonchev–Trinajstić information content (AvgIpc) is 2.76. The summed E-state index contributed by atoms with van der Waals surface area (Å²) in [5.74, 6) is 0.604. The number of rotatable bonds is 4. The second-order valence-electron chi connectivity index (χ2n) is 4.82. The zero-order valence-electron chi connectivity index (χ0n) is 12.1. The highest BCUT2D eigenvalue weighted by Gasteiger charge is 2.24. The first-order valence-electron chi connectivity index (χ1n) is 6.73. The summed E-state index contributed by atoms with van der Waals surface area (Å²) in [6.07, 6.45) is 0. The van der Waals surface area contributed by atoms with Crippen molar-refractivity contribution in [1.82, 2.24) is 19.9 Å². The molecule has 0 spiro atoms. The minimum absolute atomic E-state index is 0.0614. The Balaban J connectivity index is 2.61. The average molecular weight is 295 g/mol. The molecule has 0 bridgehead atoms. The number of fused-ring (bicyclic) bond motifs is 1. The van der Waals surface area contributed by atoms with Gasteiger partial charge in [0.15, 0.2) is 5.65 Å². The number of nitrogens with zero attached hydrogens (tertiary/aromatic N) is 3. The molecule has 5 nitrogen and oxygen atoms in total. The van der Waals surface area contributed by atoms with E-state index >= 15 is 0 Å². The fourth-order valence-corrected chi connectivity index (χ4v) is 2.34. The number of amides is 1. The van der Waals surface area contributed by atoms with Crippen LogP contribution < -0.4 is 5.32 Å². The molecule has 0 saturated carbocycles. The second-order valence-corrected chi connectivity index (χ2v) is 5.48. The van der Waals surface area contributed by atoms with Gasteiger partial charge in [0.1, 0.15) is 17.4 Å². The SMILES string of the molecule is CCNC(=O)C(C)n1c(C(C)Cl)nc2ccc(C)nc21. The molecule has 0 radical (unpaired) electrons. The van der Waals surface area contributed by atoms with Crippen LogP contribution in [0.4, 0.5) is 0 Å². The maximum absolute atomic E-state index is 12.1. The number of carbonyl (C=O) groups is 1. The normalized spacial score (nSPS) is 14.2. The molecule has 1 amide bonds. The van der Waals surface area contributed by atoms with Gasteiger partial charge in [-0.3, -0.25) is 9.36 Å². The van der Waals surface area contributed by atoms with E-state index in [1.807, 2.05) is 44.4 Å². The molecule has 0 aromatic carbocycles. The fourth-order valence-electron chi connectivity index (χ4n) is 2.19. The van der Waals surface area contributed by atoms with Gasteiger partial charge in [0.05, 0.1) is 5.38 Å². The summed E-state index contributed by atoms with van der Waals surface area (Å²) in [7, 11) is 0. The minimum Gasteiger partial charge on any atom is -0.355 e. The maximum Gasteiger partial charge on any atom is 0.242 e. The molecule has 0 aliphatic carbocycles. The summed E-state index contributed by atoms with van der Waals surface area (Å²) in [6.45, 7) is 8.07. The fraction of sp³-hybridized carbons (Fsp3) is 0.500. The van der Waals surface area contributed by atoms with Crippen molar-refractivity contribution in [2.24, 2.45) is 0 Å². The summed E-state index contributed by atoms with van der Waals surface area (Å²) in [6, 6.07) is 3.41. The molecule has 6 heteroatoms. The van der Waals surface area contributed by atoms with Gasteiger partial charge in [-0.2, -0.15) is 0 Å². The second kappa shape index (κ2) is 5.79. The van der Waals surface area contributed by atoms with E-state index in [0.29, 0.717) is 18.0 Å². The molecule has 0 aliphatic heterocycles. The Bertz CT molecular complexity index is 635. The highest BCUT2D eigenvalue weighted by Crippen LogP contribution is 2.27. The number of hydrogen-bond acceptors (Lipinski definition) is 3. The lowest BCUT2D eigenvalue weighted by Gasteiger charge is -2.17. The van der Waals surface area contributed by atoms with Gasteiger partial charge < -0.3 is 5.32 Å². The lowest BCUT2D eigenvalue weighted by atomic mass is 10.2. The van der Waals surface area contributed by atoms with E-state index in [0.717, 1.165) is 11.2 Å². The van der Waals surface area contributed by atoms with Crippen LogP contribution in [0.1, 0.15) is 43.7 Å². The Morgan fingerprint density at radius 1 is 1.40 bits per heavy atom. The van der Waals surface area contributed by atoms with Gasteiger partial charge in [-0.05, 0) is 39.8 Å². The summed E-state index contributed by atoms with van der Waals surface area (Å²) in [5, 5.41) is 2.53. The van der Waals surface area contributed by atoms with Crippen LogP contribution in [-0.4, -0.2) is 27.0 Å². The first-order chi connectivity index (χ1) is 9.45. The lowest BCUT2D eigenvalue weighted by molar-refractivity contribution is -0.123. The molecule has 2 aromatic rings. The van der Waals surface area contributed by atoms with Crippen LogP contribution in [0.25, 0.3) is 11.2 Å². The molecular formula is C14H19ClN4O.